The Balaban J connectivity index is 1.70. The Morgan fingerprint density at radius 1 is 1.42 bits per heavy atom. The van der Waals surface area contributed by atoms with E-state index in [9.17, 15) is 12.8 Å². The van der Waals surface area contributed by atoms with Crippen molar-refractivity contribution < 1.29 is 22.3 Å². The number of hydrogen-bond acceptors (Lipinski definition) is 5. The molecule has 1 aromatic carbocycles. The summed E-state index contributed by atoms with van der Waals surface area (Å²) in [5.41, 5.74) is 0. The van der Waals surface area contributed by atoms with Gasteiger partial charge in [-0.05, 0) is 37.6 Å². The fourth-order valence-corrected chi connectivity index (χ4v) is 4.39. The minimum atomic E-state index is -3.71. The molecule has 2 aliphatic rings. The second kappa shape index (κ2) is 7.35. The molecule has 0 aromatic heterocycles. The Morgan fingerprint density at radius 2 is 2.25 bits per heavy atom. The van der Waals surface area contributed by atoms with Gasteiger partial charge in [-0.2, -0.15) is 4.31 Å². The van der Waals surface area contributed by atoms with Gasteiger partial charge in [0.1, 0.15) is 0 Å². The first-order valence-electron chi connectivity index (χ1n) is 8.17. The minimum absolute atomic E-state index is 0.0500. The summed E-state index contributed by atoms with van der Waals surface area (Å²) in [5.74, 6) is -0.326. The topological polar surface area (TPSA) is 67.9 Å². The Hall–Kier alpha value is -1.22. The van der Waals surface area contributed by atoms with Gasteiger partial charge >= 0.3 is 0 Å². The average Bonchev–Trinajstić information content (AvgIpc) is 3.26. The van der Waals surface area contributed by atoms with Gasteiger partial charge in [-0.25, -0.2) is 12.8 Å². The van der Waals surface area contributed by atoms with Crippen molar-refractivity contribution in [3.8, 4) is 5.75 Å². The van der Waals surface area contributed by atoms with Crippen LogP contribution in [0.2, 0.25) is 0 Å². The summed E-state index contributed by atoms with van der Waals surface area (Å²) in [4.78, 5) is -0.0500. The zero-order valence-electron chi connectivity index (χ0n) is 13.7. The molecule has 1 aromatic rings. The maximum Gasteiger partial charge on any atom is 0.243 e. The molecule has 0 amide bonds. The van der Waals surface area contributed by atoms with Crippen molar-refractivity contribution in [2.24, 2.45) is 5.92 Å². The second-order valence-electron chi connectivity index (χ2n) is 6.30. The van der Waals surface area contributed by atoms with E-state index in [0.29, 0.717) is 26.4 Å². The number of rotatable bonds is 6. The molecule has 0 spiro atoms. The van der Waals surface area contributed by atoms with Crippen LogP contribution in [0.4, 0.5) is 4.39 Å². The first kappa shape index (κ1) is 17.6. The predicted molar refractivity (Wildman–Crippen MR) is 87.0 cm³/mol. The number of halogens is 1. The van der Waals surface area contributed by atoms with Gasteiger partial charge in [0, 0.05) is 32.2 Å². The van der Waals surface area contributed by atoms with Crippen LogP contribution in [0.15, 0.2) is 23.1 Å². The average molecular weight is 358 g/mol. The van der Waals surface area contributed by atoms with E-state index in [1.807, 2.05) is 0 Å². The molecule has 2 aliphatic heterocycles. The van der Waals surface area contributed by atoms with Crippen LogP contribution in [-0.4, -0.2) is 58.7 Å². The number of nitrogens with zero attached hydrogens (tertiary/aromatic N) is 1. The van der Waals surface area contributed by atoms with E-state index < -0.39 is 15.8 Å². The van der Waals surface area contributed by atoms with E-state index in [1.54, 1.807) is 0 Å². The zero-order valence-corrected chi connectivity index (χ0v) is 14.5. The zero-order chi connectivity index (χ0) is 17.2. The number of hydrogen-bond donors (Lipinski definition) is 1. The highest BCUT2D eigenvalue weighted by atomic mass is 32.2. The molecule has 8 heteroatoms. The Bertz CT molecular complexity index is 671. The summed E-state index contributed by atoms with van der Waals surface area (Å²) in [5, 5.41) is 3.13. The third-order valence-corrected chi connectivity index (χ3v) is 6.53. The Kier molecular flexibility index (Phi) is 5.39. The maximum absolute atomic E-state index is 14.2. The summed E-state index contributed by atoms with van der Waals surface area (Å²) < 4.78 is 51.5. The fourth-order valence-electron chi connectivity index (χ4n) is 2.99. The van der Waals surface area contributed by atoms with Crippen LogP contribution < -0.4 is 10.1 Å². The van der Waals surface area contributed by atoms with Crippen LogP contribution in [0.25, 0.3) is 0 Å². The van der Waals surface area contributed by atoms with Crippen molar-refractivity contribution >= 4 is 10.0 Å². The van der Waals surface area contributed by atoms with Crippen LogP contribution in [0.3, 0.4) is 0 Å². The van der Waals surface area contributed by atoms with Crippen LogP contribution in [0.1, 0.15) is 12.8 Å². The van der Waals surface area contributed by atoms with Crippen LogP contribution in [0, 0.1) is 11.7 Å². The van der Waals surface area contributed by atoms with Crippen LogP contribution in [0.5, 0.6) is 5.75 Å². The number of ether oxygens (including phenoxy) is 2. The quantitative estimate of drug-likeness (QED) is 0.828. The Morgan fingerprint density at radius 3 is 2.88 bits per heavy atom. The highest BCUT2D eigenvalue weighted by Gasteiger charge is 2.30. The largest absolute Gasteiger partial charge is 0.490 e. The van der Waals surface area contributed by atoms with Gasteiger partial charge < -0.3 is 14.8 Å². The van der Waals surface area contributed by atoms with Gasteiger partial charge in [0.05, 0.1) is 18.1 Å². The van der Waals surface area contributed by atoms with Gasteiger partial charge in [0.15, 0.2) is 11.6 Å². The van der Waals surface area contributed by atoms with E-state index in [2.05, 4.69) is 5.32 Å². The second-order valence-corrected chi connectivity index (χ2v) is 8.30. The summed E-state index contributed by atoms with van der Waals surface area (Å²) in [7, 11) is -2.18. The molecule has 2 heterocycles. The van der Waals surface area contributed by atoms with E-state index in [-0.39, 0.29) is 22.6 Å². The fraction of sp³-hybridized carbons (Fsp3) is 0.625. The lowest BCUT2D eigenvalue weighted by atomic mass is 10.1. The molecule has 0 radical (unpaired) electrons. The van der Waals surface area contributed by atoms with Crippen molar-refractivity contribution in [2.75, 3.05) is 40.0 Å². The lowest BCUT2D eigenvalue weighted by Gasteiger charge is -2.23. The number of sulfonamides is 1. The van der Waals surface area contributed by atoms with E-state index in [0.717, 1.165) is 25.5 Å². The van der Waals surface area contributed by atoms with E-state index in [1.165, 1.54) is 23.5 Å². The molecular formula is C16H23FN2O4S. The Labute approximate surface area is 142 Å². The monoisotopic (exact) mass is 358 g/mol. The van der Waals surface area contributed by atoms with Gasteiger partial charge in [0.2, 0.25) is 10.0 Å². The van der Waals surface area contributed by atoms with Crippen molar-refractivity contribution in [3.63, 3.8) is 0 Å². The normalized spacial score (nSPS) is 24.6. The summed E-state index contributed by atoms with van der Waals surface area (Å²) in [6, 6.07) is 3.72. The smallest absolute Gasteiger partial charge is 0.243 e. The van der Waals surface area contributed by atoms with Gasteiger partial charge in [-0.15, -0.1) is 0 Å². The predicted octanol–water partition coefficient (Wildman–Crippen LogP) is 1.22. The molecule has 2 saturated heterocycles. The molecule has 1 N–H and O–H groups in total. The highest BCUT2D eigenvalue weighted by Crippen LogP contribution is 2.25. The molecule has 2 atom stereocenters. The standard InChI is InChI=1S/C16H23FN2O4S/c1-19(13-4-6-18-9-13)24(20,21)14-2-3-16(15(17)8-14)23-11-12-5-7-22-10-12/h2-3,8,12-13,18H,4-7,9-11H2,1H3. The number of nitrogens with one attached hydrogen (secondary N) is 1. The molecule has 134 valence electrons. The molecule has 2 fully saturated rings. The molecule has 6 nitrogen and oxygen atoms in total. The third-order valence-electron chi connectivity index (χ3n) is 4.63. The molecule has 24 heavy (non-hydrogen) atoms. The summed E-state index contributed by atoms with van der Waals surface area (Å²) in [6.45, 7) is 3.10. The molecule has 0 aliphatic carbocycles. The third kappa shape index (κ3) is 3.72. The number of likely N-dealkylation sites (N-methyl/N-ethyl adjacent to an activating group) is 1. The lowest BCUT2D eigenvalue weighted by Crippen LogP contribution is -2.38. The number of benzene rings is 1. The van der Waals surface area contributed by atoms with Gasteiger partial charge in [0.25, 0.3) is 0 Å². The summed E-state index contributed by atoms with van der Waals surface area (Å²) in [6.07, 6.45) is 1.65. The van der Waals surface area contributed by atoms with E-state index in [4.69, 9.17) is 9.47 Å². The van der Waals surface area contributed by atoms with Crippen molar-refractivity contribution in [2.45, 2.75) is 23.8 Å². The van der Waals surface area contributed by atoms with Crippen LogP contribution >= 0.6 is 0 Å². The van der Waals surface area contributed by atoms with Gasteiger partial charge in [-0.1, -0.05) is 0 Å². The minimum Gasteiger partial charge on any atom is -0.490 e. The van der Waals surface area contributed by atoms with Crippen LogP contribution in [-0.2, 0) is 14.8 Å². The van der Waals surface area contributed by atoms with Crippen molar-refractivity contribution in [1.29, 1.82) is 0 Å². The molecule has 0 bridgehead atoms. The molecule has 0 saturated carbocycles. The van der Waals surface area contributed by atoms with Crippen molar-refractivity contribution in [1.82, 2.24) is 9.62 Å². The first-order valence-corrected chi connectivity index (χ1v) is 9.61. The first-order chi connectivity index (χ1) is 11.5. The van der Waals surface area contributed by atoms with E-state index >= 15 is 0 Å². The molecule has 3 rings (SSSR count). The molecular weight excluding hydrogens is 335 g/mol. The van der Waals surface area contributed by atoms with Gasteiger partial charge in [-0.3, -0.25) is 0 Å². The SMILES string of the molecule is CN(C1CCNC1)S(=O)(=O)c1ccc(OCC2CCOC2)c(F)c1. The maximum atomic E-state index is 14.2. The van der Waals surface area contributed by atoms with Crippen molar-refractivity contribution in [3.05, 3.63) is 24.0 Å². The highest BCUT2D eigenvalue weighted by molar-refractivity contribution is 7.89. The molecule has 2 unspecified atom stereocenters. The summed E-state index contributed by atoms with van der Waals surface area (Å²) >= 11 is 0. The lowest BCUT2D eigenvalue weighted by molar-refractivity contribution is 0.165.